The van der Waals surface area contributed by atoms with Crippen molar-refractivity contribution >= 4 is 44.8 Å². The van der Waals surface area contributed by atoms with E-state index in [9.17, 15) is 42.6 Å². The number of fused-ring (bicyclic) bond motifs is 4. The van der Waals surface area contributed by atoms with Crippen molar-refractivity contribution in [2.75, 3.05) is 65.7 Å². The number of benzene rings is 6. The molecule has 4 aliphatic rings. The van der Waals surface area contributed by atoms with Crippen LogP contribution < -0.4 is 30.0 Å². The number of hydrogen-bond acceptors (Lipinski definition) is 15. The van der Waals surface area contributed by atoms with Crippen molar-refractivity contribution in [3.8, 4) is 23.0 Å². The van der Waals surface area contributed by atoms with Crippen LogP contribution in [-0.4, -0.2) is 137 Å². The van der Waals surface area contributed by atoms with Gasteiger partial charge in [0.2, 0.25) is 0 Å². The minimum absolute atomic E-state index is 0. The minimum atomic E-state index is -1.24. The van der Waals surface area contributed by atoms with E-state index in [4.69, 9.17) is 35.0 Å². The van der Waals surface area contributed by atoms with Crippen LogP contribution in [0.5, 0.6) is 23.0 Å². The first kappa shape index (κ1) is 55.7. The van der Waals surface area contributed by atoms with E-state index in [1.165, 1.54) is 48.9 Å². The number of rotatable bonds is 17. The van der Waals surface area contributed by atoms with Crippen molar-refractivity contribution in [2.45, 2.75) is 62.8 Å². The molecule has 0 saturated carbocycles. The van der Waals surface area contributed by atoms with E-state index in [0.29, 0.717) is 50.5 Å². The van der Waals surface area contributed by atoms with Gasteiger partial charge in [0.15, 0.2) is 40.3 Å². The van der Waals surface area contributed by atoms with Gasteiger partial charge in [-0.1, -0.05) is 58.8 Å². The average molecular weight is 1070 g/mol. The lowest BCUT2D eigenvalue weighted by Gasteiger charge is -2.36. The Labute approximate surface area is 442 Å². The Hall–Kier alpha value is -7.56. The van der Waals surface area contributed by atoms with Gasteiger partial charge in [-0.25, -0.2) is 22.4 Å². The second kappa shape index (κ2) is 26.0. The fraction of sp³-hybridized carbons (Fsp3) is 0.357. The number of carbonyl (C=O) groups is 2. The Morgan fingerprint density at radius 2 is 1.04 bits per heavy atom. The number of halogens is 4. The van der Waals surface area contributed by atoms with E-state index in [-0.39, 0.29) is 73.4 Å². The summed E-state index contributed by atoms with van der Waals surface area (Å²) in [7, 11) is 0. The van der Waals surface area contributed by atoms with Crippen LogP contribution in [0.3, 0.4) is 0 Å². The van der Waals surface area contributed by atoms with E-state index in [1.54, 1.807) is 36.4 Å². The number of carboxylic acids is 1. The molecule has 410 valence electrons. The number of amides is 1. The predicted molar refractivity (Wildman–Crippen MR) is 279 cm³/mol. The Bertz CT molecular complexity index is 3130. The van der Waals surface area contributed by atoms with Crippen molar-refractivity contribution in [3.05, 3.63) is 143 Å². The molecule has 2 fully saturated rings. The maximum Gasteiger partial charge on any atom is 0.353 e. The third-order valence-corrected chi connectivity index (χ3v) is 13.6. The molecule has 17 nitrogen and oxygen atoms in total. The number of aryl methyl sites for hydroxylation is 2. The minimum Gasteiger partial charge on any atom is -0.486 e. The van der Waals surface area contributed by atoms with Gasteiger partial charge in [-0.05, 0) is 144 Å². The van der Waals surface area contributed by atoms with E-state index in [0.717, 1.165) is 65.3 Å². The first-order valence-corrected chi connectivity index (χ1v) is 25.2. The first-order chi connectivity index (χ1) is 37.2. The van der Waals surface area contributed by atoms with Crippen molar-refractivity contribution in [1.29, 1.82) is 0 Å². The van der Waals surface area contributed by atoms with Gasteiger partial charge in [0.1, 0.15) is 49.9 Å². The van der Waals surface area contributed by atoms with Gasteiger partial charge in [0.05, 0.1) is 12.1 Å². The summed E-state index contributed by atoms with van der Waals surface area (Å²) >= 11 is 0. The largest absolute Gasteiger partial charge is 0.486 e. The lowest BCUT2D eigenvalue weighted by molar-refractivity contribution is -0.129. The van der Waals surface area contributed by atoms with Crippen LogP contribution >= 0.6 is 0 Å². The van der Waals surface area contributed by atoms with Crippen LogP contribution in [0.1, 0.15) is 61.6 Å². The Balaban J connectivity index is 0.000000186. The average Bonchev–Trinajstić information content (AvgIpc) is 3.40. The third kappa shape index (κ3) is 14.5. The van der Waals surface area contributed by atoms with Crippen molar-refractivity contribution in [1.82, 2.24) is 15.1 Å². The highest BCUT2D eigenvalue weighted by molar-refractivity contribution is 6.38. The Kier molecular flexibility index (Phi) is 18.8. The highest BCUT2D eigenvalue weighted by Crippen LogP contribution is 2.38. The molecule has 10 rings (SSSR count). The van der Waals surface area contributed by atoms with E-state index >= 15 is 0 Å². The molecule has 4 atom stereocenters. The smallest absolute Gasteiger partial charge is 0.353 e. The number of aliphatic carboxylic acids is 1. The van der Waals surface area contributed by atoms with Crippen LogP contribution in [0.15, 0.2) is 107 Å². The third-order valence-electron chi connectivity index (χ3n) is 13.6. The summed E-state index contributed by atoms with van der Waals surface area (Å²) in [5.74, 6) is -2.98. The highest BCUT2D eigenvalue weighted by atomic mass is 19.1. The normalized spacial score (nSPS) is 16.8. The number of nitrogens with zero attached hydrogens (tertiary/aromatic N) is 4. The number of oxime groups is 2. The second-order valence-corrected chi connectivity index (χ2v) is 19.0. The molecule has 4 aliphatic heterocycles. The quantitative estimate of drug-likeness (QED) is 0.0205. The topological polar surface area (TPSA) is 241 Å². The molecule has 1 amide bonds. The molecule has 0 spiro atoms. The monoisotopic (exact) mass is 1070 g/mol. The summed E-state index contributed by atoms with van der Waals surface area (Å²) in [5, 5.41) is 60.3. The molecule has 2 saturated heterocycles. The number of carbonyl (C=O) groups excluding carboxylic acids is 1. The fourth-order valence-corrected chi connectivity index (χ4v) is 9.14. The molecular weight excluding hydrogens is 1010 g/mol. The number of carboxylic acid groups (broad SMARTS) is 1. The Morgan fingerprint density at radius 3 is 1.51 bits per heavy atom. The van der Waals surface area contributed by atoms with Gasteiger partial charge in [0.25, 0.3) is 5.91 Å². The summed E-state index contributed by atoms with van der Waals surface area (Å²) in [5.41, 5.74) is 8.09. The standard InChI is InChI=1S/C28H29F2N3O5.C14H19FN2O3.C14H12FNO3.H2/c29-21-6-5-18-12-17(2-4-19(18)13-21)3-7-23(32-36)28(35)31-24(16-33-8-1-9-33)26(34)20-14-22(30)27-25(15-20)37-10-11-38-27;15-10-6-9(7-12-14(10)20-5-4-19-12)13(18)11(16)8-17-2-1-3-17;15-12-5-4-10-7-9(1-3-11(10)8-12)2-6-13(16-19)14(17)18;/h2,4-6,12-15,24,26,34,36H,1,3,7-11,16H2,(H,31,35);6-7,11,13,18H,1-5,8,16H2;1,3-5,7-8,19H,2,6H2,(H,17,18);1H/b32-23+;;16-13+;/t24-,26-;11-,13-;;/m11../s1. The SMILES string of the molecule is N[C@H](CN1CCC1)[C@H](O)c1cc(F)c2c(c1)OCCO2.O=C(N[C@H](CN1CCC1)[C@H](O)c1cc(F)c2c(c1)OCCO2)/C(CCc1ccc2cc(F)ccc2c1)=N/O.O=C(O)/C(CCc1ccc2cc(F)ccc2c1)=N/O.[HH]. The van der Waals surface area contributed by atoms with E-state index < -0.39 is 47.8 Å². The van der Waals surface area contributed by atoms with E-state index in [2.05, 4.69) is 25.4 Å². The zero-order valence-electron chi connectivity index (χ0n) is 41.9. The predicted octanol–water partition coefficient (Wildman–Crippen LogP) is 7.31. The molecule has 0 radical (unpaired) electrons. The molecule has 0 bridgehead atoms. The maximum absolute atomic E-state index is 14.6. The molecule has 0 aromatic heterocycles. The Morgan fingerprint density at radius 1 is 0.597 bits per heavy atom. The van der Waals surface area contributed by atoms with Gasteiger partial charge >= 0.3 is 5.97 Å². The number of likely N-dealkylation sites (tertiary alicyclic amines) is 2. The molecule has 6 aromatic carbocycles. The molecule has 21 heteroatoms. The van der Waals surface area contributed by atoms with Gasteiger partial charge in [-0.2, -0.15) is 0 Å². The molecule has 0 unspecified atom stereocenters. The molecule has 0 aliphatic carbocycles. The zero-order valence-corrected chi connectivity index (χ0v) is 41.9. The van der Waals surface area contributed by atoms with Gasteiger partial charge in [-0.15, -0.1) is 0 Å². The maximum atomic E-state index is 14.6. The lowest BCUT2D eigenvalue weighted by Crippen LogP contribution is -2.52. The van der Waals surface area contributed by atoms with Crippen molar-refractivity contribution < 1.29 is 73.3 Å². The van der Waals surface area contributed by atoms with Crippen molar-refractivity contribution in [3.63, 3.8) is 0 Å². The van der Waals surface area contributed by atoms with Crippen LogP contribution in [0.2, 0.25) is 0 Å². The summed E-state index contributed by atoms with van der Waals surface area (Å²) in [6.07, 6.45) is 1.15. The number of nitrogens with two attached hydrogens (primary N) is 1. The van der Waals surface area contributed by atoms with Crippen molar-refractivity contribution in [2.24, 2.45) is 16.0 Å². The molecule has 77 heavy (non-hydrogen) atoms. The second-order valence-electron chi connectivity index (χ2n) is 19.0. The van der Waals surface area contributed by atoms with Crippen LogP contribution in [-0.2, 0) is 22.4 Å². The first-order valence-electron chi connectivity index (χ1n) is 25.2. The summed E-state index contributed by atoms with van der Waals surface area (Å²) in [4.78, 5) is 28.0. The lowest BCUT2D eigenvalue weighted by atomic mass is 9.98. The summed E-state index contributed by atoms with van der Waals surface area (Å²) < 4.78 is 76.4. The zero-order chi connectivity index (χ0) is 54.6. The van der Waals surface area contributed by atoms with Gasteiger partial charge < -0.3 is 65.5 Å². The van der Waals surface area contributed by atoms with Crippen LogP contribution in [0.4, 0.5) is 17.6 Å². The number of nitrogens with one attached hydrogen (secondary N) is 1. The van der Waals surface area contributed by atoms with Gasteiger partial charge in [-0.3, -0.25) is 4.79 Å². The number of hydrogen-bond donors (Lipinski definition) is 7. The molecule has 8 N–H and O–H groups in total. The van der Waals surface area contributed by atoms with E-state index in [1.807, 2.05) is 18.2 Å². The molecule has 6 aromatic rings. The highest BCUT2D eigenvalue weighted by Gasteiger charge is 2.32. The molecular formula is C56H62F4N6O11. The van der Waals surface area contributed by atoms with Crippen LogP contribution in [0, 0.1) is 23.3 Å². The van der Waals surface area contributed by atoms with Gasteiger partial charge in [0, 0.05) is 33.4 Å². The summed E-state index contributed by atoms with van der Waals surface area (Å²) in [6.45, 7) is 5.83. The number of aliphatic hydroxyl groups is 2. The number of aliphatic hydroxyl groups excluding tert-OH is 2. The fourth-order valence-electron chi connectivity index (χ4n) is 9.14. The molecule has 4 heterocycles. The number of ether oxygens (including phenoxy) is 4. The van der Waals surface area contributed by atoms with Crippen LogP contribution in [0.25, 0.3) is 21.5 Å². The summed E-state index contributed by atoms with van der Waals surface area (Å²) in [6, 6.07) is 24.3.